The van der Waals surface area contributed by atoms with E-state index in [2.05, 4.69) is 24.0 Å². The first kappa shape index (κ1) is 13.7. The van der Waals surface area contributed by atoms with E-state index >= 15 is 0 Å². The molecule has 2 heterocycles. The summed E-state index contributed by atoms with van der Waals surface area (Å²) >= 11 is 0. The summed E-state index contributed by atoms with van der Waals surface area (Å²) in [7, 11) is 0. The summed E-state index contributed by atoms with van der Waals surface area (Å²) in [6.07, 6.45) is 0. The van der Waals surface area contributed by atoms with Crippen LogP contribution in [0.2, 0.25) is 0 Å². The van der Waals surface area contributed by atoms with Crippen LogP contribution in [-0.2, 0) is 6.61 Å². The van der Waals surface area contributed by atoms with E-state index in [1.807, 2.05) is 6.07 Å². The summed E-state index contributed by atoms with van der Waals surface area (Å²) in [4.78, 5) is 3.28. The molecule has 5 heteroatoms. The zero-order chi connectivity index (χ0) is 15.0. The van der Waals surface area contributed by atoms with Gasteiger partial charge in [0.2, 0.25) is 0 Å². The summed E-state index contributed by atoms with van der Waals surface area (Å²) in [5, 5.41) is 4.67. The number of aromatic amines is 1. The van der Waals surface area contributed by atoms with E-state index in [9.17, 15) is 4.39 Å². The van der Waals surface area contributed by atoms with Crippen molar-refractivity contribution in [1.82, 2.24) is 10.1 Å². The number of nitrogens with zero attached hydrogens (tertiary/aromatic N) is 1. The maximum Gasteiger partial charge on any atom is 0.165 e. The average Bonchev–Trinajstić information content (AvgIpc) is 3.02. The molecule has 3 aromatic rings. The Kier molecular flexibility index (Phi) is 3.41. The van der Waals surface area contributed by atoms with E-state index in [1.54, 1.807) is 19.1 Å². The lowest BCUT2D eigenvalue weighted by Crippen LogP contribution is -1.97. The van der Waals surface area contributed by atoms with Gasteiger partial charge in [-0.2, -0.15) is 0 Å². The average molecular weight is 288 g/mol. The predicted molar refractivity (Wildman–Crippen MR) is 77.9 cm³/mol. The van der Waals surface area contributed by atoms with E-state index in [4.69, 9.17) is 9.26 Å². The van der Waals surface area contributed by atoms with Crippen LogP contribution in [0, 0.1) is 12.7 Å². The Labute approximate surface area is 121 Å². The van der Waals surface area contributed by atoms with Crippen molar-refractivity contribution in [3.63, 3.8) is 0 Å². The van der Waals surface area contributed by atoms with Crippen LogP contribution in [0.5, 0.6) is 5.75 Å². The molecule has 1 N–H and O–H groups in total. The molecule has 0 radical (unpaired) electrons. The highest BCUT2D eigenvalue weighted by molar-refractivity contribution is 5.82. The molecule has 0 aliphatic rings. The Balaban J connectivity index is 1.86. The molecule has 21 heavy (non-hydrogen) atoms. The fourth-order valence-electron chi connectivity index (χ4n) is 2.21. The van der Waals surface area contributed by atoms with Crippen LogP contribution in [0.1, 0.15) is 36.9 Å². The molecule has 4 nitrogen and oxygen atoms in total. The number of benzene rings is 1. The molecule has 0 aliphatic heterocycles. The molecular weight excluding hydrogens is 271 g/mol. The number of fused-ring (bicyclic) bond motifs is 1. The fourth-order valence-corrected chi connectivity index (χ4v) is 2.21. The van der Waals surface area contributed by atoms with Crippen LogP contribution < -0.4 is 4.74 Å². The number of aromatic nitrogens is 2. The minimum atomic E-state index is -0.378. The lowest BCUT2D eigenvalue weighted by Gasteiger charge is -2.05. The van der Waals surface area contributed by atoms with Gasteiger partial charge >= 0.3 is 0 Å². The molecule has 0 saturated heterocycles. The molecular formula is C16H17FN2O2. The van der Waals surface area contributed by atoms with Gasteiger partial charge in [0.15, 0.2) is 11.6 Å². The molecule has 3 rings (SSSR count). The summed E-state index contributed by atoms with van der Waals surface area (Å²) < 4.78 is 24.5. The number of hydrogen-bond donors (Lipinski definition) is 1. The van der Waals surface area contributed by atoms with Crippen LogP contribution in [0.15, 0.2) is 28.8 Å². The number of H-pyrrole nitrogens is 1. The molecule has 0 fully saturated rings. The normalized spacial score (nSPS) is 11.5. The molecule has 0 amide bonds. The van der Waals surface area contributed by atoms with Crippen molar-refractivity contribution in [2.24, 2.45) is 0 Å². The van der Waals surface area contributed by atoms with Gasteiger partial charge in [0, 0.05) is 28.7 Å². The Hall–Kier alpha value is -2.30. The summed E-state index contributed by atoms with van der Waals surface area (Å²) in [5.41, 5.74) is 2.58. The predicted octanol–water partition coefficient (Wildman–Crippen LogP) is 4.31. The second-order valence-electron chi connectivity index (χ2n) is 5.47. The monoisotopic (exact) mass is 288 g/mol. The standard InChI is InChI=1S/C16H17FN2O2/c1-9(2)14-6-11-5-13(17)16(7-15(11)18-14)20-8-12-4-10(3)21-19-12/h4-7,9,18H,8H2,1-3H3. The number of rotatable bonds is 4. The van der Waals surface area contributed by atoms with Gasteiger partial charge in [-0.25, -0.2) is 4.39 Å². The summed E-state index contributed by atoms with van der Waals surface area (Å²) in [5.74, 6) is 0.899. The van der Waals surface area contributed by atoms with Crippen molar-refractivity contribution < 1.29 is 13.7 Å². The third-order valence-corrected chi connectivity index (χ3v) is 3.37. The van der Waals surface area contributed by atoms with Gasteiger partial charge in [0.05, 0.1) is 0 Å². The zero-order valence-electron chi connectivity index (χ0n) is 12.2. The third-order valence-electron chi connectivity index (χ3n) is 3.37. The van der Waals surface area contributed by atoms with E-state index in [1.165, 1.54) is 6.07 Å². The first-order valence-corrected chi connectivity index (χ1v) is 6.90. The van der Waals surface area contributed by atoms with Gasteiger partial charge in [0.1, 0.15) is 18.1 Å². The second-order valence-corrected chi connectivity index (χ2v) is 5.47. The van der Waals surface area contributed by atoms with Crippen LogP contribution in [0.25, 0.3) is 10.9 Å². The van der Waals surface area contributed by atoms with Crippen LogP contribution >= 0.6 is 0 Å². The quantitative estimate of drug-likeness (QED) is 0.778. The zero-order valence-corrected chi connectivity index (χ0v) is 12.2. The van der Waals surface area contributed by atoms with Crippen molar-refractivity contribution in [3.05, 3.63) is 47.2 Å². The Morgan fingerprint density at radius 1 is 1.29 bits per heavy atom. The minimum absolute atomic E-state index is 0.178. The molecule has 1 aromatic carbocycles. The van der Waals surface area contributed by atoms with Gasteiger partial charge in [0.25, 0.3) is 0 Å². The molecule has 0 aliphatic carbocycles. The van der Waals surface area contributed by atoms with Gasteiger partial charge in [-0.05, 0) is 25.0 Å². The Morgan fingerprint density at radius 2 is 2.10 bits per heavy atom. The second kappa shape index (κ2) is 5.24. The lowest BCUT2D eigenvalue weighted by molar-refractivity contribution is 0.275. The van der Waals surface area contributed by atoms with Crippen molar-refractivity contribution in [1.29, 1.82) is 0 Å². The molecule has 0 atom stereocenters. The van der Waals surface area contributed by atoms with Crippen molar-refractivity contribution in [3.8, 4) is 5.75 Å². The topological polar surface area (TPSA) is 51.0 Å². The number of halogens is 1. The highest BCUT2D eigenvalue weighted by Crippen LogP contribution is 2.28. The van der Waals surface area contributed by atoms with Crippen LogP contribution in [-0.4, -0.2) is 10.1 Å². The smallest absolute Gasteiger partial charge is 0.165 e. The molecule has 0 saturated carbocycles. The molecule has 0 unspecified atom stereocenters. The highest BCUT2D eigenvalue weighted by atomic mass is 19.1. The summed E-state index contributed by atoms with van der Waals surface area (Å²) in [6.45, 7) is 6.16. The third kappa shape index (κ3) is 2.77. The number of nitrogens with one attached hydrogen (secondary N) is 1. The maximum absolute atomic E-state index is 14.1. The van der Waals surface area contributed by atoms with Crippen molar-refractivity contribution >= 4 is 10.9 Å². The van der Waals surface area contributed by atoms with Crippen molar-refractivity contribution in [2.45, 2.75) is 33.3 Å². The SMILES string of the molecule is Cc1cc(COc2cc3[nH]c(C(C)C)cc3cc2F)no1. The lowest BCUT2D eigenvalue weighted by atomic mass is 10.1. The number of ether oxygens (including phenoxy) is 1. The fraction of sp³-hybridized carbons (Fsp3) is 0.312. The van der Waals surface area contributed by atoms with Gasteiger partial charge < -0.3 is 14.2 Å². The van der Waals surface area contributed by atoms with Gasteiger partial charge in [-0.15, -0.1) is 0 Å². The molecule has 110 valence electrons. The van der Waals surface area contributed by atoms with Gasteiger partial charge in [-0.3, -0.25) is 0 Å². The Bertz CT molecular complexity index is 774. The highest BCUT2D eigenvalue weighted by Gasteiger charge is 2.11. The van der Waals surface area contributed by atoms with Crippen LogP contribution in [0.4, 0.5) is 4.39 Å². The van der Waals surface area contributed by atoms with Crippen LogP contribution in [0.3, 0.4) is 0 Å². The van der Waals surface area contributed by atoms with E-state index in [0.29, 0.717) is 17.4 Å². The first-order valence-electron chi connectivity index (χ1n) is 6.90. The van der Waals surface area contributed by atoms with Crippen molar-refractivity contribution in [2.75, 3.05) is 0 Å². The van der Waals surface area contributed by atoms with E-state index in [0.717, 1.165) is 16.6 Å². The first-order chi connectivity index (χ1) is 10.0. The molecule has 0 spiro atoms. The number of aryl methyl sites for hydroxylation is 1. The minimum Gasteiger partial charge on any atom is -0.484 e. The molecule has 2 aromatic heterocycles. The Morgan fingerprint density at radius 3 is 2.76 bits per heavy atom. The largest absolute Gasteiger partial charge is 0.484 e. The summed E-state index contributed by atoms with van der Waals surface area (Å²) in [6, 6.07) is 6.90. The van der Waals surface area contributed by atoms with E-state index < -0.39 is 0 Å². The maximum atomic E-state index is 14.1. The number of hydrogen-bond acceptors (Lipinski definition) is 3. The van der Waals surface area contributed by atoms with Gasteiger partial charge in [-0.1, -0.05) is 19.0 Å². The molecule has 0 bridgehead atoms. The van der Waals surface area contributed by atoms with E-state index in [-0.39, 0.29) is 18.2 Å².